The molecule has 1 atom stereocenters. The quantitative estimate of drug-likeness (QED) is 0.894. The molecule has 110 valence electrons. The van der Waals surface area contributed by atoms with Crippen LogP contribution in [0.4, 0.5) is 11.4 Å². The normalized spacial score (nSPS) is 24.6. The molecule has 1 aromatic carbocycles. The molecule has 0 bridgehead atoms. The van der Waals surface area contributed by atoms with E-state index in [0.717, 1.165) is 19.6 Å². The van der Waals surface area contributed by atoms with Crippen molar-refractivity contribution in [3.05, 3.63) is 24.3 Å². The SMILES string of the molecule is CC1CCN(c2ccc(N3CCCCC3)cc2)CCN1. The first-order chi connectivity index (χ1) is 9.83. The van der Waals surface area contributed by atoms with Crippen molar-refractivity contribution in [3.8, 4) is 0 Å². The van der Waals surface area contributed by atoms with Crippen LogP contribution in [-0.2, 0) is 0 Å². The van der Waals surface area contributed by atoms with Crippen molar-refractivity contribution in [2.45, 2.75) is 38.6 Å². The molecule has 0 aliphatic carbocycles. The Bertz CT molecular complexity index is 409. The number of hydrogen-bond acceptors (Lipinski definition) is 3. The fourth-order valence-electron chi connectivity index (χ4n) is 3.29. The zero-order valence-corrected chi connectivity index (χ0v) is 12.6. The van der Waals surface area contributed by atoms with Gasteiger partial charge in [0.25, 0.3) is 0 Å². The highest BCUT2D eigenvalue weighted by molar-refractivity contribution is 5.56. The Morgan fingerprint density at radius 3 is 2.10 bits per heavy atom. The van der Waals surface area contributed by atoms with E-state index in [-0.39, 0.29) is 0 Å². The van der Waals surface area contributed by atoms with Crippen molar-refractivity contribution in [3.63, 3.8) is 0 Å². The minimum atomic E-state index is 0.646. The molecule has 2 saturated heterocycles. The highest BCUT2D eigenvalue weighted by atomic mass is 15.2. The second-order valence-corrected chi connectivity index (χ2v) is 6.20. The molecule has 2 aliphatic heterocycles. The number of anilines is 2. The second-order valence-electron chi connectivity index (χ2n) is 6.20. The summed E-state index contributed by atoms with van der Waals surface area (Å²) in [5, 5.41) is 3.56. The maximum absolute atomic E-state index is 3.56. The average molecular weight is 273 g/mol. The van der Waals surface area contributed by atoms with Crippen molar-refractivity contribution >= 4 is 11.4 Å². The first kappa shape index (κ1) is 13.7. The maximum Gasteiger partial charge on any atom is 0.0368 e. The van der Waals surface area contributed by atoms with Crippen LogP contribution in [0.1, 0.15) is 32.6 Å². The van der Waals surface area contributed by atoms with Gasteiger partial charge in [-0.1, -0.05) is 0 Å². The second kappa shape index (κ2) is 6.49. The molecule has 2 fully saturated rings. The van der Waals surface area contributed by atoms with Crippen LogP contribution in [0.2, 0.25) is 0 Å². The molecule has 1 N–H and O–H groups in total. The van der Waals surface area contributed by atoms with Gasteiger partial charge in [0.05, 0.1) is 0 Å². The smallest absolute Gasteiger partial charge is 0.0368 e. The van der Waals surface area contributed by atoms with Gasteiger partial charge in [-0.05, 0) is 56.9 Å². The fourth-order valence-corrected chi connectivity index (χ4v) is 3.29. The molecule has 3 rings (SSSR count). The van der Waals surface area contributed by atoms with E-state index in [1.54, 1.807) is 0 Å². The van der Waals surface area contributed by atoms with Gasteiger partial charge in [0.2, 0.25) is 0 Å². The van der Waals surface area contributed by atoms with E-state index in [4.69, 9.17) is 0 Å². The van der Waals surface area contributed by atoms with Gasteiger partial charge in [0.1, 0.15) is 0 Å². The van der Waals surface area contributed by atoms with E-state index in [1.165, 1.54) is 50.1 Å². The minimum absolute atomic E-state index is 0.646. The maximum atomic E-state index is 3.56. The summed E-state index contributed by atoms with van der Waals surface area (Å²) in [6, 6.07) is 9.87. The summed E-state index contributed by atoms with van der Waals surface area (Å²) in [7, 11) is 0. The van der Waals surface area contributed by atoms with Crippen LogP contribution >= 0.6 is 0 Å². The molecule has 0 amide bonds. The molecule has 0 saturated carbocycles. The number of nitrogens with zero attached hydrogens (tertiary/aromatic N) is 2. The van der Waals surface area contributed by atoms with Gasteiger partial charge >= 0.3 is 0 Å². The molecule has 3 nitrogen and oxygen atoms in total. The van der Waals surface area contributed by atoms with Crippen LogP contribution < -0.4 is 15.1 Å². The Morgan fingerprint density at radius 2 is 1.45 bits per heavy atom. The van der Waals surface area contributed by atoms with E-state index in [0.29, 0.717) is 6.04 Å². The van der Waals surface area contributed by atoms with Crippen LogP contribution in [-0.4, -0.2) is 38.8 Å². The molecular formula is C17H27N3. The predicted molar refractivity (Wildman–Crippen MR) is 86.8 cm³/mol. The minimum Gasteiger partial charge on any atom is -0.372 e. The molecule has 20 heavy (non-hydrogen) atoms. The lowest BCUT2D eigenvalue weighted by atomic mass is 10.1. The lowest BCUT2D eigenvalue weighted by Gasteiger charge is -2.29. The van der Waals surface area contributed by atoms with Gasteiger partial charge in [-0.15, -0.1) is 0 Å². The lowest BCUT2D eigenvalue weighted by Crippen LogP contribution is -2.30. The van der Waals surface area contributed by atoms with Crippen LogP contribution in [0, 0.1) is 0 Å². The fraction of sp³-hybridized carbons (Fsp3) is 0.647. The Morgan fingerprint density at radius 1 is 0.850 bits per heavy atom. The average Bonchev–Trinajstić information content (AvgIpc) is 2.73. The van der Waals surface area contributed by atoms with Crippen molar-refractivity contribution in [2.24, 2.45) is 0 Å². The number of benzene rings is 1. The summed E-state index contributed by atoms with van der Waals surface area (Å²) in [5.41, 5.74) is 2.77. The van der Waals surface area contributed by atoms with Gasteiger partial charge in [-0.2, -0.15) is 0 Å². The molecule has 2 aliphatic rings. The number of piperidine rings is 1. The zero-order valence-electron chi connectivity index (χ0n) is 12.6. The van der Waals surface area contributed by atoms with Crippen molar-refractivity contribution < 1.29 is 0 Å². The summed E-state index contributed by atoms with van der Waals surface area (Å²) in [4.78, 5) is 5.04. The lowest BCUT2D eigenvalue weighted by molar-refractivity contribution is 0.566. The first-order valence-corrected chi connectivity index (χ1v) is 8.16. The van der Waals surface area contributed by atoms with Crippen molar-refractivity contribution in [1.82, 2.24) is 5.32 Å². The van der Waals surface area contributed by atoms with Gasteiger partial charge < -0.3 is 15.1 Å². The summed E-state index contributed by atoms with van der Waals surface area (Å²) >= 11 is 0. The van der Waals surface area contributed by atoms with Crippen LogP contribution in [0.5, 0.6) is 0 Å². The molecule has 2 heterocycles. The van der Waals surface area contributed by atoms with E-state index >= 15 is 0 Å². The Labute approximate surface area is 123 Å². The molecule has 0 spiro atoms. The van der Waals surface area contributed by atoms with E-state index in [1.807, 2.05) is 0 Å². The van der Waals surface area contributed by atoms with E-state index in [2.05, 4.69) is 46.3 Å². The zero-order chi connectivity index (χ0) is 13.8. The largest absolute Gasteiger partial charge is 0.372 e. The number of nitrogens with one attached hydrogen (secondary N) is 1. The third-order valence-electron chi connectivity index (χ3n) is 4.64. The number of hydrogen-bond donors (Lipinski definition) is 1. The van der Waals surface area contributed by atoms with Crippen LogP contribution in [0.25, 0.3) is 0 Å². The third-order valence-corrected chi connectivity index (χ3v) is 4.64. The molecular weight excluding hydrogens is 246 g/mol. The number of rotatable bonds is 2. The predicted octanol–water partition coefficient (Wildman–Crippen LogP) is 2.87. The first-order valence-electron chi connectivity index (χ1n) is 8.16. The molecule has 0 aromatic heterocycles. The topological polar surface area (TPSA) is 18.5 Å². The van der Waals surface area contributed by atoms with Crippen LogP contribution in [0.3, 0.4) is 0 Å². The van der Waals surface area contributed by atoms with Gasteiger partial charge in [-0.25, -0.2) is 0 Å². The Balaban J connectivity index is 1.65. The molecule has 3 heteroatoms. The van der Waals surface area contributed by atoms with Crippen molar-refractivity contribution in [1.29, 1.82) is 0 Å². The summed E-state index contributed by atoms with van der Waals surface area (Å²) in [6.07, 6.45) is 5.32. The van der Waals surface area contributed by atoms with E-state index in [9.17, 15) is 0 Å². The Kier molecular flexibility index (Phi) is 4.46. The monoisotopic (exact) mass is 273 g/mol. The molecule has 0 radical (unpaired) electrons. The summed E-state index contributed by atoms with van der Waals surface area (Å²) < 4.78 is 0. The van der Waals surface area contributed by atoms with Crippen LogP contribution in [0.15, 0.2) is 24.3 Å². The molecule has 1 aromatic rings. The van der Waals surface area contributed by atoms with Gasteiger partial charge in [-0.3, -0.25) is 0 Å². The van der Waals surface area contributed by atoms with Crippen molar-refractivity contribution in [2.75, 3.05) is 42.5 Å². The molecule has 1 unspecified atom stereocenters. The van der Waals surface area contributed by atoms with Gasteiger partial charge in [0.15, 0.2) is 0 Å². The highest BCUT2D eigenvalue weighted by Gasteiger charge is 2.14. The van der Waals surface area contributed by atoms with Gasteiger partial charge in [0, 0.05) is 50.1 Å². The Hall–Kier alpha value is -1.22. The summed E-state index contributed by atoms with van der Waals surface area (Å²) in [5.74, 6) is 0. The highest BCUT2D eigenvalue weighted by Crippen LogP contribution is 2.24. The third kappa shape index (κ3) is 3.26. The van der Waals surface area contributed by atoms with E-state index < -0.39 is 0 Å². The standard InChI is InChI=1S/C17H27N3/c1-15-9-13-20(14-10-18-15)17-7-5-16(6-8-17)19-11-3-2-4-12-19/h5-8,15,18H,2-4,9-14H2,1H3. The summed E-state index contributed by atoms with van der Waals surface area (Å²) in [6.45, 7) is 8.11.